The van der Waals surface area contributed by atoms with Gasteiger partial charge in [0.2, 0.25) is 5.75 Å². The molecule has 9 heteroatoms. The number of hydrogen-bond donors (Lipinski definition) is 1. The van der Waals surface area contributed by atoms with Crippen LogP contribution in [0.5, 0.6) is 17.2 Å². The Morgan fingerprint density at radius 3 is 2.41 bits per heavy atom. The standard InChI is InChI=1S/C20H18Cl2N2O4S/c1-26-15-8-12(9-16(27-2)18(15)28-3)19(25)24-20-23-10-13(29-20)7-11-5-4-6-14(21)17(11)22/h4-6,8-10H,7H2,1-3H3,(H,23,24,25). The van der Waals surface area contributed by atoms with Crippen molar-refractivity contribution >= 4 is 45.6 Å². The van der Waals surface area contributed by atoms with Crippen molar-refractivity contribution < 1.29 is 19.0 Å². The first-order chi connectivity index (χ1) is 14.0. The summed E-state index contributed by atoms with van der Waals surface area (Å²) in [5.74, 6) is 0.868. The minimum absolute atomic E-state index is 0.342. The van der Waals surface area contributed by atoms with Crippen LogP contribution < -0.4 is 19.5 Å². The van der Waals surface area contributed by atoms with Gasteiger partial charge in [0.1, 0.15) is 0 Å². The summed E-state index contributed by atoms with van der Waals surface area (Å²) in [6.07, 6.45) is 2.27. The predicted octanol–water partition coefficient (Wildman–Crippen LogP) is 5.32. The second-order valence-corrected chi connectivity index (χ2v) is 7.79. The maximum atomic E-state index is 12.7. The van der Waals surface area contributed by atoms with Crippen LogP contribution in [0.2, 0.25) is 10.0 Å². The van der Waals surface area contributed by atoms with E-state index in [0.29, 0.717) is 44.4 Å². The molecule has 1 aromatic heterocycles. The SMILES string of the molecule is COc1cc(C(=O)Nc2ncc(Cc3cccc(Cl)c3Cl)s2)cc(OC)c1OC. The molecule has 0 radical (unpaired) electrons. The van der Waals surface area contributed by atoms with E-state index in [0.717, 1.165) is 10.4 Å². The molecule has 0 unspecified atom stereocenters. The third-order valence-electron chi connectivity index (χ3n) is 4.10. The van der Waals surface area contributed by atoms with Crippen molar-refractivity contribution in [2.24, 2.45) is 0 Å². The van der Waals surface area contributed by atoms with Gasteiger partial charge in [-0.05, 0) is 23.8 Å². The first-order valence-corrected chi connectivity index (χ1v) is 10.0. The first kappa shape index (κ1) is 21.2. The maximum absolute atomic E-state index is 12.7. The fraction of sp³-hybridized carbons (Fsp3) is 0.200. The van der Waals surface area contributed by atoms with Gasteiger partial charge in [0.05, 0.1) is 31.4 Å². The number of thiazole rings is 1. The molecular formula is C20H18Cl2N2O4S. The van der Waals surface area contributed by atoms with Gasteiger partial charge in [0.25, 0.3) is 5.91 Å². The third kappa shape index (κ3) is 4.75. The third-order valence-corrected chi connectivity index (χ3v) is 5.87. The highest BCUT2D eigenvalue weighted by atomic mass is 35.5. The Morgan fingerprint density at radius 2 is 1.79 bits per heavy atom. The van der Waals surface area contributed by atoms with Crippen molar-refractivity contribution in [3.63, 3.8) is 0 Å². The number of amides is 1. The number of carbonyl (C=O) groups is 1. The van der Waals surface area contributed by atoms with E-state index in [1.54, 1.807) is 24.4 Å². The minimum atomic E-state index is -0.342. The normalized spacial score (nSPS) is 10.5. The molecule has 0 spiro atoms. The average Bonchev–Trinajstić information content (AvgIpc) is 3.16. The molecule has 0 bridgehead atoms. The van der Waals surface area contributed by atoms with Crippen LogP contribution in [0.1, 0.15) is 20.8 Å². The highest BCUT2D eigenvalue weighted by Gasteiger charge is 2.18. The Bertz CT molecular complexity index is 1010. The topological polar surface area (TPSA) is 69.7 Å². The van der Waals surface area contributed by atoms with Crippen LogP contribution in [0.3, 0.4) is 0 Å². The van der Waals surface area contributed by atoms with Crippen LogP contribution in [0, 0.1) is 0 Å². The van der Waals surface area contributed by atoms with Crippen molar-refractivity contribution in [2.45, 2.75) is 6.42 Å². The molecule has 3 aromatic rings. The number of anilines is 1. The van der Waals surface area contributed by atoms with Crippen molar-refractivity contribution in [3.05, 3.63) is 62.6 Å². The van der Waals surface area contributed by atoms with Crippen molar-refractivity contribution in [2.75, 3.05) is 26.6 Å². The Hall–Kier alpha value is -2.48. The maximum Gasteiger partial charge on any atom is 0.257 e. The Balaban J connectivity index is 1.77. The number of hydrogen-bond acceptors (Lipinski definition) is 6. The quantitative estimate of drug-likeness (QED) is 0.525. The molecule has 0 saturated heterocycles. The van der Waals surface area contributed by atoms with E-state index in [1.165, 1.54) is 32.7 Å². The zero-order chi connectivity index (χ0) is 21.0. The lowest BCUT2D eigenvalue weighted by atomic mass is 10.1. The molecule has 152 valence electrons. The monoisotopic (exact) mass is 452 g/mol. The number of benzene rings is 2. The molecule has 1 amide bonds. The summed E-state index contributed by atoms with van der Waals surface area (Å²) in [6, 6.07) is 8.65. The summed E-state index contributed by atoms with van der Waals surface area (Å²) in [5, 5.41) is 4.28. The van der Waals surface area contributed by atoms with E-state index < -0.39 is 0 Å². The largest absolute Gasteiger partial charge is 0.493 e. The lowest BCUT2D eigenvalue weighted by Crippen LogP contribution is -2.12. The van der Waals surface area contributed by atoms with E-state index in [4.69, 9.17) is 37.4 Å². The van der Waals surface area contributed by atoms with E-state index in [9.17, 15) is 4.79 Å². The molecule has 0 aliphatic carbocycles. The van der Waals surface area contributed by atoms with Gasteiger partial charge in [-0.1, -0.05) is 35.3 Å². The summed E-state index contributed by atoms with van der Waals surface area (Å²) in [7, 11) is 4.49. The van der Waals surface area contributed by atoms with E-state index in [1.807, 2.05) is 12.1 Å². The highest BCUT2D eigenvalue weighted by molar-refractivity contribution is 7.15. The minimum Gasteiger partial charge on any atom is -0.493 e. The van der Waals surface area contributed by atoms with Crippen LogP contribution in [-0.2, 0) is 6.42 Å². The fourth-order valence-corrected chi connectivity index (χ4v) is 3.92. The number of rotatable bonds is 7. The molecule has 1 N–H and O–H groups in total. The van der Waals surface area contributed by atoms with Crippen LogP contribution in [0.15, 0.2) is 36.5 Å². The molecule has 0 atom stereocenters. The first-order valence-electron chi connectivity index (χ1n) is 8.45. The molecule has 29 heavy (non-hydrogen) atoms. The van der Waals surface area contributed by atoms with Gasteiger partial charge in [0, 0.05) is 23.1 Å². The van der Waals surface area contributed by atoms with Gasteiger partial charge in [0.15, 0.2) is 16.6 Å². The van der Waals surface area contributed by atoms with Gasteiger partial charge in [-0.15, -0.1) is 11.3 Å². The van der Waals surface area contributed by atoms with Gasteiger partial charge >= 0.3 is 0 Å². The van der Waals surface area contributed by atoms with Gasteiger partial charge < -0.3 is 14.2 Å². The smallest absolute Gasteiger partial charge is 0.257 e. The van der Waals surface area contributed by atoms with E-state index >= 15 is 0 Å². The van der Waals surface area contributed by atoms with E-state index in [-0.39, 0.29) is 5.91 Å². The zero-order valence-corrected chi connectivity index (χ0v) is 18.2. The number of carbonyl (C=O) groups excluding carboxylic acids is 1. The number of aromatic nitrogens is 1. The van der Waals surface area contributed by atoms with Gasteiger partial charge in [-0.25, -0.2) is 4.98 Å². The van der Waals surface area contributed by atoms with Crippen LogP contribution >= 0.6 is 34.5 Å². The predicted molar refractivity (Wildman–Crippen MR) is 115 cm³/mol. The van der Waals surface area contributed by atoms with Crippen LogP contribution in [0.4, 0.5) is 5.13 Å². The molecule has 0 aliphatic heterocycles. The highest BCUT2D eigenvalue weighted by Crippen LogP contribution is 2.38. The number of methoxy groups -OCH3 is 3. The lowest BCUT2D eigenvalue weighted by molar-refractivity contribution is 0.102. The molecule has 0 fully saturated rings. The fourth-order valence-electron chi connectivity index (χ4n) is 2.70. The molecule has 3 rings (SSSR count). The van der Waals surface area contributed by atoms with Crippen molar-refractivity contribution in [1.82, 2.24) is 4.98 Å². The number of nitrogens with zero attached hydrogens (tertiary/aromatic N) is 1. The van der Waals surface area contributed by atoms with Crippen LogP contribution in [0.25, 0.3) is 0 Å². The Morgan fingerprint density at radius 1 is 1.10 bits per heavy atom. The molecule has 0 aliphatic rings. The molecular weight excluding hydrogens is 435 g/mol. The summed E-state index contributed by atoms with van der Waals surface area (Å²) >= 11 is 13.7. The molecule has 2 aromatic carbocycles. The van der Waals surface area contributed by atoms with Crippen LogP contribution in [-0.4, -0.2) is 32.2 Å². The van der Waals surface area contributed by atoms with Gasteiger partial charge in [-0.2, -0.15) is 0 Å². The van der Waals surface area contributed by atoms with E-state index in [2.05, 4.69) is 10.3 Å². The Labute approximate surface area is 182 Å². The van der Waals surface area contributed by atoms with Crippen molar-refractivity contribution in [3.8, 4) is 17.2 Å². The average molecular weight is 453 g/mol. The van der Waals surface area contributed by atoms with Gasteiger partial charge in [-0.3, -0.25) is 10.1 Å². The Kier molecular flexibility index (Phi) is 6.84. The lowest BCUT2D eigenvalue weighted by Gasteiger charge is -2.13. The molecule has 0 saturated carbocycles. The molecule has 6 nitrogen and oxygen atoms in total. The van der Waals surface area contributed by atoms with Crippen molar-refractivity contribution in [1.29, 1.82) is 0 Å². The second-order valence-electron chi connectivity index (χ2n) is 5.89. The summed E-state index contributed by atoms with van der Waals surface area (Å²) < 4.78 is 15.9. The molecule has 1 heterocycles. The number of nitrogens with one attached hydrogen (secondary N) is 1. The summed E-state index contributed by atoms with van der Waals surface area (Å²) in [6.45, 7) is 0. The summed E-state index contributed by atoms with van der Waals surface area (Å²) in [5.41, 5.74) is 1.25. The number of ether oxygens (including phenoxy) is 3. The number of halogens is 2. The summed E-state index contributed by atoms with van der Waals surface area (Å²) in [4.78, 5) is 17.9. The zero-order valence-electron chi connectivity index (χ0n) is 15.9. The second kappa shape index (κ2) is 9.35.